The zero-order chi connectivity index (χ0) is 14.6. The lowest BCUT2D eigenvalue weighted by molar-refractivity contribution is 0.0898. The third-order valence-electron chi connectivity index (χ3n) is 2.92. The molecular formula is C14H21ClN2O2. The Morgan fingerprint density at radius 3 is 2.68 bits per heavy atom. The first kappa shape index (κ1) is 15.8. The van der Waals surface area contributed by atoms with Gasteiger partial charge in [-0.3, -0.25) is 4.79 Å². The third-order valence-corrected chi connectivity index (χ3v) is 3.25. The molecule has 0 aliphatic carbocycles. The first-order chi connectivity index (χ1) is 8.77. The Kier molecular flexibility index (Phi) is 5.20. The molecule has 0 aliphatic rings. The SMILES string of the molecule is CC(C)CC(C)(CN)NC(=O)c1cc(O)ccc1Cl. The molecule has 0 aromatic heterocycles. The standard InChI is InChI=1S/C14H21ClN2O2/c1-9(2)7-14(3,8-16)17-13(19)11-6-10(18)4-5-12(11)15/h4-6,9,18H,7-8,16H2,1-3H3,(H,17,19). The molecule has 1 aromatic carbocycles. The van der Waals surface area contributed by atoms with Crippen LogP contribution in [-0.4, -0.2) is 23.1 Å². The Balaban J connectivity index is 2.91. The molecule has 0 saturated heterocycles. The Morgan fingerprint density at radius 1 is 1.53 bits per heavy atom. The summed E-state index contributed by atoms with van der Waals surface area (Å²) < 4.78 is 0. The summed E-state index contributed by atoms with van der Waals surface area (Å²) in [4.78, 5) is 12.2. The molecule has 1 aromatic rings. The van der Waals surface area contributed by atoms with Gasteiger partial charge in [-0.25, -0.2) is 0 Å². The molecule has 106 valence electrons. The second kappa shape index (κ2) is 6.26. The van der Waals surface area contributed by atoms with Crippen LogP contribution in [0, 0.1) is 5.92 Å². The van der Waals surface area contributed by atoms with Crippen molar-refractivity contribution in [2.75, 3.05) is 6.54 Å². The van der Waals surface area contributed by atoms with Crippen molar-refractivity contribution in [1.29, 1.82) is 0 Å². The Hall–Kier alpha value is -1.26. The predicted molar refractivity (Wildman–Crippen MR) is 77.5 cm³/mol. The van der Waals surface area contributed by atoms with E-state index in [-0.39, 0.29) is 17.2 Å². The van der Waals surface area contributed by atoms with Crippen molar-refractivity contribution in [2.24, 2.45) is 11.7 Å². The van der Waals surface area contributed by atoms with Crippen LogP contribution in [-0.2, 0) is 0 Å². The molecule has 0 radical (unpaired) electrons. The fraction of sp³-hybridized carbons (Fsp3) is 0.500. The van der Waals surface area contributed by atoms with Gasteiger partial charge >= 0.3 is 0 Å². The molecule has 1 atom stereocenters. The number of phenolic OH excluding ortho intramolecular Hbond substituents is 1. The highest BCUT2D eigenvalue weighted by Gasteiger charge is 2.27. The molecule has 0 spiro atoms. The molecule has 4 N–H and O–H groups in total. The minimum Gasteiger partial charge on any atom is -0.508 e. The zero-order valence-corrected chi connectivity index (χ0v) is 12.3. The lowest BCUT2D eigenvalue weighted by atomic mass is 9.90. The van der Waals surface area contributed by atoms with Crippen LogP contribution in [0.25, 0.3) is 0 Å². The fourth-order valence-electron chi connectivity index (χ4n) is 2.12. The first-order valence-corrected chi connectivity index (χ1v) is 6.66. The van der Waals surface area contributed by atoms with Gasteiger partial charge in [-0.1, -0.05) is 25.4 Å². The van der Waals surface area contributed by atoms with Crippen LogP contribution in [0.2, 0.25) is 5.02 Å². The minimum absolute atomic E-state index is 0.00728. The summed E-state index contributed by atoms with van der Waals surface area (Å²) in [6, 6.07) is 4.29. The molecule has 4 nitrogen and oxygen atoms in total. The number of carbonyl (C=O) groups excluding carboxylic acids is 1. The van der Waals surface area contributed by atoms with Crippen LogP contribution >= 0.6 is 11.6 Å². The van der Waals surface area contributed by atoms with E-state index in [9.17, 15) is 9.90 Å². The number of rotatable bonds is 5. The van der Waals surface area contributed by atoms with Crippen molar-refractivity contribution in [3.8, 4) is 5.75 Å². The van der Waals surface area contributed by atoms with Gasteiger partial charge in [0.2, 0.25) is 0 Å². The zero-order valence-electron chi connectivity index (χ0n) is 11.5. The number of amides is 1. The maximum Gasteiger partial charge on any atom is 0.253 e. The summed E-state index contributed by atoms with van der Waals surface area (Å²) >= 11 is 5.97. The molecule has 19 heavy (non-hydrogen) atoms. The van der Waals surface area contributed by atoms with Gasteiger partial charge in [0.1, 0.15) is 5.75 Å². The average Bonchev–Trinajstić information content (AvgIpc) is 2.31. The summed E-state index contributed by atoms with van der Waals surface area (Å²) in [7, 11) is 0. The second-order valence-electron chi connectivity index (χ2n) is 5.48. The van der Waals surface area contributed by atoms with Gasteiger partial charge in [0.05, 0.1) is 10.6 Å². The number of hydrogen-bond acceptors (Lipinski definition) is 3. The number of aromatic hydroxyl groups is 1. The molecule has 0 bridgehead atoms. The van der Waals surface area contributed by atoms with Gasteiger partial charge in [-0.05, 0) is 37.5 Å². The summed E-state index contributed by atoms with van der Waals surface area (Å²) in [5, 5.41) is 12.6. The normalized spacial score (nSPS) is 14.2. The summed E-state index contributed by atoms with van der Waals surface area (Å²) in [5.74, 6) is 0.0934. The van der Waals surface area contributed by atoms with E-state index in [1.807, 2.05) is 6.92 Å². The summed E-state index contributed by atoms with van der Waals surface area (Å²) in [6.45, 7) is 6.39. The van der Waals surface area contributed by atoms with E-state index in [2.05, 4.69) is 19.2 Å². The van der Waals surface area contributed by atoms with Crippen molar-refractivity contribution in [1.82, 2.24) is 5.32 Å². The lowest BCUT2D eigenvalue weighted by Crippen LogP contribution is -2.52. The third kappa shape index (κ3) is 4.40. The lowest BCUT2D eigenvalue weighted by Gasteiger charge is -2.31. The van der Waals surface area contributed by atoms with Gasteiger partial charge < -0.3 is 16.2 Å². The molecular weight excluding hydrogens is 264 g/mol. The maximum atomic E-state index is 12.2. The fourth-order valence-corrected chi connectivity index (χ4v) is 2.32. The van der Waals surface area contributed by atoms with E-state index in [0.717, 1.165) is 6.42 Å². The molecule has 5 heteroatoms. The molecule has 0 heterocycles. The smallest absolute Gasteiger partial charge is 0.253 e. The predicted octanol–water partition coefficient (Wildman–Crippen LogP) is 2.54. The topological polar surface area (TPSA) is 75.3 Å². The Bertz CT molecular complexity index is 463. The van der Waals surface area contributed by atoms with Gasteiger partial charge in [0.15, 0.2) is 0 Å². The summed E-state index contributed by atoms with van der Waals surface area (Å²) in [6.07, 6.45) is 0.770. The summed E-state index contributed by atoms with van der Waals surface area (Å²) in [5.41, 5.74) is 5.52. The Morgan fingerprint density at radius 2 is 2.16 bits per heavy atom. The van der Waals surface area contributed by atoms with Crippen LogP contribution in [0.15, 0.2) is 18.2 Å². The van der Waals surface area contributed by atoms with Crippen LogP contribution in [0.3, 0.4) is 0 Å². The van der Waals surface area contributed by atoms with Crippen LogP contribution < -0.4 is 11.1 Å². The van der Waals surface area contributed by atoms with Crippen molar-refractivity contribution in [3.63, 3.8) is 0 Å². The largest absolute Gasteiger partial charge is 0.508 e. The quantitative estimate of drug-likeness (QED) is 0.778. The van der Waals surface area contributed by atoms with E-state index in [1.54, 1.807) is 0 Å². The van der Waals surface area contributed by atoms with Crippen LogP contribution in [0.5, 0.6) is 5.75 Å². The number of phenols is 1. The Labute approximate surface area is 118 Å². The number of benzene rings is 1. The van der Waals surface area contributed by atoms with Crippen molar-refractivity contribution in [3.05, 3.63) is 28.8 Å². The van der Waals surface area contributed by atoms with Crippen molar-refractivity contribution < 1.29 is 9.90 Å². The highest BCUT2D eigenvalue weighted by atomic mass is 35.5. The number of nitrogens with one attached hydrogen (secondary N) is 1. The molecule has 1 amide bonds. The number of carbonyl (C=O) groups is 1. The highest BCUT2D eigenvalue weighted by molar-refractivity contribution is 6.33. The van der Waals surface area contributed by atoms with Gasteiger partial charge in [0, 0.05) is 12.1 Å². The maximum absolute atomic E-state index is 12.2. The van der Waals surface area contributed by atoms with E-state index < -0.39 is 5.54 Å². The van der Waals surface area contributed by atoms with E-state index in [4.69, 9.17) is 17.3 Å². The second-order valence-corrected chi connectivity index (χ2v) is 5.89. The molecule has 0 fully saturated rings. The first-order valence-electron chi connectivity index (χ1n) is 6.28. The number of halogens is 1. The van der Waals surface area contributed by atoms with Gasteiger partial charge in [-0.15, -0.1) is 0 Å². The molecule has 0 saturated carbocycles. The van der Waals surface area contributed by atoms with Crippen LogP contribution in [0.4, 0.5) is 0 Å². The average molecular weight is 285 g/mol. The van der Waals surface area contributed by atoms with Crippen molar-refractivity contribution >= 4 is 17.5 Å². The van der Waals surface area contributed by atoms with Gasteiger partial charge in [0.25, 0.3) is 5.91 Å². The molecule has 0 aliphatic heterocycles. The van der Waals surface area contributed by atoms with Gasteiger partial charge in [-0.2, -0.15) is 0 Å². The monoisotopic (exact) mass is 284 g/mol. The molecule has 1 unspecified atom stereocenters. The number of nitrogens with two attached hydrogens (primary N) is 1. The van der Waals surface area contributed by atoms with E-state index in [0.29, 0.717) is 17.5 Å². The highest BCUT2D eigenvalue weighted by Crippen LogP contribution is 2.23. The van der Waals surface area contributed by atoms with E-state index >= 15 is 0 Å². The molecule has 1 rings (SSSR count). The van der Waals surface area contributed by atoms with Crippen LogP contribution in [0.1, 0.15) is 37.6 Å². The van der Waals surface area contributed by atoms with E-state index in [1.165, 1.54) is 18.2 Å². The minimum atomic E-state index is -0.486. The number of hydrogen-bond donors (Lipinski definition) is 3. The van der Waals surface area contributed by atoms with Crippen molar-refractivity contribution in [2.45, 2.75) is 32.7 Å².